The van der Waals surface area contributed by atoms with E-state index < -0.39 is 0 Å². The first-order valence-corrected chi connectivity index (χ1v) is 9.74. The lowest BCUT2D eigenvalue weighted by molar-refractivity contribution is -0.121. The average Bonchev–Trinajstić information content (AvgIpc) is 3.14. The summed E-state index contributed by atoms with van der Waals surface area (Å²) in [5, 5.41) is 7.07. The number of H-pyrrole nitrogens is 1. The number of carbonyl (C=O) groups excluding carboxylic acids is 2. The van der Waals surface area contributed by atoms with E-state index in [-0.39, 0.29) is 11.8 Å². The van der Waals surface area contributed by atoms with Crippen molar-refractivity contribution in [2.24, 2.45) is 0 Å². The van der Waals surface area contributed by atoms with Gasteiger partial charge in [0.1, 0.15) is 0 Å². The number of carbonyl (C=O) groups is 2. The fourth-order valence-electron chi connectivity index (χ4n) is 3.15. The van der Waals surface area contributed by atoms with Crippen LogP contribution in [0.4, 0.5) is 0 Å². The molecule has 3 rings (SSSR count). The Labute approximate surface area is 164 Å². The third-order valence-electron chi connectivity index (χ3n) is 4.68. The van der Waals surface area contributed by atoms with Crippen LogP contribution in [0.3, 0.4) is 0 Å². The highest BCUT2D eigenvalue weighted by molar-refractivity contribution is 5.93. The van der Waals surface area contributed by atoms with Gasteiger partial charge in [0.2, 0.25) is 5.91 Å². The normalized spacial score (nSPS) is 10.7. The molecule has 0 aliphatic rings. The number of amides is 2. The van der Waals surface area contributed by atoms with Gasteiger partial charge in [-0.15, -0.1) is 0 Å². The van der Waals surface area contributed by atoms with E-state index in [4.69, 9.17) is 0 Å². The third-order valence-corrected chi connectivity index (χ3v) is 4.68. The Balaban J connectivity index is 1.24. The van der Waals surface area contributed by atoms with Gasteiger partial charge in [0.15, 0.2) is 0 Å². The molecule has 2 heterocycles. The molecule has 2 aromatic heterocycles. The second-order valence-corrected chi connectivity index (χ2v) is 6.77. The van der Waals surface area contributed by atoms with E-state index in [9.17, 15) is 9.59 Å². The minimum absolute atomic E-state index is 0.0826. The molecule has 28 heavy (non-hydrogen) atoms. The molecule has 0 fully saturated rings. The molecule has 0 aliphatic heterocycles. The summed E-state index contributed by atoms with van der Waals surface area (Å²) in [6, 6.07) is 11.7. The Morgan fingerprint density at radius 3 is 2.71 bits per heavy atom. The fourth-order valence-corrected chi connectivity index (χ4v) is 3.15. The van der Waals surface area contributed by atoms with Gasteiger partial charge in [-0.05, 0) is 43.0 Å². The van der Waals surface area contributed by atoms with Crippen LogP contribution in [-0.4, -0.2) is 34.9 Å². The van der Waals surface area contributed by atoms with Crippen molar-refractivity contribution in [3.8, 4) is 0 Å². The number of pyridine rings is 1. The molecule has 3 aromatic rings. The van der Waals surface area contributed by atoms with Crippen LogP contribution in [0.25, 0.3) is 10.9 Å². The second kappa shape index (κ2) is 10.3. The van der Waals surface area contributed by atoms with Crippen LogP contribution in [0.1, 0.15) is 41.6 Å². The number of benzene rings is 1. The van der Waals surface area contributed by atoms with Crippen LogP contribution in [0.2, 0.25) is 0 Å². The van der Waals surface area contributed by atoms with E-state index in [1.54, 1.807) is 24.5 Å². The molecule has 0 saturated carbocycles. The van der Waals surface area contributed by atoms with Crippen LogP contribution in [0, 0.1) is 0 Å². The lowest BCUT2D eigenvalue weighted by atomic mass is 10.1. The molecular weight excluding hydrogens is 352 g/mol. The number of aromatic nitrogens is 2. The van der Waals surface area contributed by atoms with Crippen LogP contribution >= 0.6 is 0 Å². The Morgan fingerprint density at radius 2 is 1.86 bits per heavy atom. The van der Waals surface area contributed by atoms with Gasteiger partial charge < -0.3 is 15.6 Å². The van der Waals surface area contributed by atoms with Crippen LogP contribution in [0.5, 0.6) is 0 Å². The number of nitrogens with zero attached hydrogens (tertiary/aromatic N) is 1. The smallest absolute Gasteiger partial charge is 0.252 e. The summed E-state index contributed by atoms with van der Waals surface area (Å²) >= 11 is 0. The van der Waals surface area contributed by atoms with Crippen molar-refractivity contribution < 1.29 is 9.59 Å². The summed E-state index contributed by atoms with van der Waals surface area (Å²) < 4.78 is 0. The Bertz CT molecular complexity index is 905. The quantitative estimate of drug-likeness (QED) is 0.474. The van der Waals surface area contributed by atoms with E-state index in [1.807, 2.05) is 18.3 Å². The molecule has 146 valence electrons. The predicted octanol–water partition coefficient (Wildman–Crippen LogP) is 3.21. The zero-order valence-corrected chi connectivity index (χ0v) is 15.9. The molecule has 0 radical (unpaired) electrons. The first-order chi connectivity index (χ1) is 13.7. The van der Waals surface area contributed by atoms with Crippen molar-refractivity contribution >= 4 is 22.7 Å². The predicted molar refractivity (Wildman–Crippen MR) is 110 cm³/mol. The number of hydrogen-bond acceptors (Lipinski definition) is 3. The second-order valence-electron chi connectivity index (χ2n) is 6.77. The third kappa shape index (κ3) is 5.67. The molecule has 0 spiro atoms. The van der Waals surface area contributed by atoms with Gasteiger partial charge in [-0.25, -0.2) is 0 Å². The van der Waals surface area contributed by atoms with Gasteiger partial charge >= 0.3 is 0 Å². The van der Waals surface area contributed by atoms with Crippen molar-refractivity contribution in [2.45, 2.75) is 32.1 Å². The molecule has 3 N–H and O–H groups in total. The van der Waals surface area contributed by atoms with E-state index in [2.05, 4.69) is 32.7 Å². The van der Waals surface area contributed by atoms with Gasteiger partial charge in [0, 0.05) is 49.0 Å². The zero-order valence-electron chi connectivity index (χ0n) is 15.9. The van der Waals surface area contributed by atoms with E-state index in [1.165, 1.54) is 10.9 Å². The average molecular weight is 378 g/mol. The number of nitrogens with one attached hydrogen (secondary N) is 3. The molecule has 1 aromatic carbocycles. The van der Waals surface area contributed by atoms with E-state index >= 15 is 0 Å². The van der Waals surface area contributed by atoms with Crippen LogP contribution in [0.15, 0.2) is 55.0 Å². The molecule has 6 heteroatoms. The zero-order chi connectivity index (χ0) is 19.6. The highest BCUT2D eigenvalue weighted by atomic mass is 16.2. The van der Waals surface area contributed by atoms with Gasteiger partial charge in [-0.1, -0.05) is 24.6 Å². The van der Waals surface area contributed by atoms with Gasteiger partial charge in [-0.3, -0.25) is 14.6 Å². The molecule has 0 aliphatic carbocycles. The van der Waals surface area contributed by atoms with Gasteiger partial charge in [0.05, 0.1) is 5.56 Å². The molecule has 6 nitrogen and oxygen atoms in total. The number of hydrogen-bond donors (Lipinski definition) is 3. The van der Waals surface area contributed by atoms with Crippen molar-refractivity contribution in [3.63, 3.8) is 0 Å². The van der Waals surface area contributed by atoms with E-state index in [0.29, 0.717) is 25.1 Å². The van der Waals surface area contributed by atoms with Crippen molar-refractivity contribution in [2.75, 3.05) is 13.1 Å². The first kappa shape index (κ1) is 19.6. The maximum absolute atomic E-state index is 12.0. The van der Waals surface area contributed by atoms with Crippen molar-refractivity contribution in [1.82, 2.24) is 20.6 Å². The largest absolute Gasteiger partial charge is 0.361 e. The summed E-state index contributed by atoms with van der Waals surface area (Å²) in [6.45, 7) is 1.25. The van der Waals surface area contributed by atoms with Gasteiger partial charge in [0.25, 0.3) is 5.91 Å². The summed E-state index contributed by atoms with van der Waals surface area (Å²) in [6.07, 6.45) is 9.12. The van der Waals surface area contributed by atoms with Crippen molar-refractivity contribution in [3.05, 3.63) is 66.1 Å². The lowest BCUT2D eigenvalue weighted by Crippen LogP contribution is -2.26. The Hall–Kier alpha value is -3.15. The number of unbranched alkanes of at least 4 members (excludes halogenated alkanes) is 2. The SMILES string of the molecule is O=C(CCCCCNC(=O)c1cccnc1)NCCc1c[nH]c2ccccc12. The standard InChI is InChI=1S/C22H26N4O2/c27-21(24-14-11-17-16-26-20-9-4-3-8-19(17)20)10-2-1-5-13-25-22(28)18-7-6-12-23-15-18/h3-4,6-9,12,15-16,26H,1-2,5,10-11,13-14H2,(H,24,27)(H,25,28). The highest BCUT2D eigenvalue weighted by Gasteiger charge is 2.06. The monoisotopic (exact) mass is 378 g/mol. The van der Waals surface area contributed by atoms with E-state index in [0.717, 1.165) is 31.2 Å². The minimum Gasteiger partial charge on any atom is -0.361 e. The van der Waals surface area contributed by atoms with Crippen LogP contribution < -0.4 is 10.6 Å². The summed E-state index contributed by atoms with van der Waals surface area (Å²) in [5.41, 5.74) is 2.91. The number of rotatable bonds is 10. The Morgan fingerprint density at radius 1 is 0.964 bits per heavy atom. The molecule has 0 bridgehead atoms. The Kier molecular flexibility index (Phi) is 7.18. The van der Waals surface area contributed by atoms with Gasteiger partial charge in [-0.2, -0.15) is 0 Å². The molecule has 0 saturated heterocycles. The number of fused-ring (bicyclic) bond motifs is 1. The lowest BCUT2D eigenvalue weighted by Gasteiger charge is -2.06. The number of aromatic amines is 1. The minimum atomic E-state index is -0.108. The first-order valence-electron chi connectivity index (χ1n) is 9.74. The molecular formula is C22H26N4O2. The summed E-state index contributed by atoms with van der Waals surface area (Å²) in [4.78, 5) is 31.0. The van der Waals surface area contributed by atoms with Crippen molar-refractivity contribution in [1.29, 1.82) is 0 Å². The molecule has 0 atom stereocenters. The molecule has 2 amide bonds. The topological polar surface area (TPSA) is 86.9 Å². The maximum Gasteiger partial charge on any atom is 0.252 e. The highest BCUT2D eigenvalue weighted by Crippen LogP contribution is 2.17. The number of para-hydroxylation sites is 1. The maximum atomic E-state index is 12.0. The fraction of sp³-hybridized carbons (Fsp3) is 0.318. The summed E-state index contributed by atoms with van der Waals surface area (Å²) in [7, 11) is 0. The summed E-state index contributed by atoms with van der Waals surface area (Å²) in [5.74, 6) is -0.0256. The molecule has 0 unspecified atom stereocenters. The van der Waals surface area contributed by atoms with Crippen LogP contribution in [-0.2, 0) is 11.2 Å².